The topological polar surface area (TPSA) is 23.5 Å². The third kappa shape index (κ3) is 3.21. The van der Waals surface area contributed by atoms with Crippen molar-refractivity contribution in [3.05, 3.63) is 0 Å². The van der Waals surface area contributed by atoms with E-state index in [9.17, 15) is 0 Å². The molecule has 1 heterocycles. The molecule has 0 radical (unpaired) electrons. The van der Waals surface area contributed by atoms with E-state index in [4.69, 9.17) is 5.11 Å². The minimum absolute atomic E-state index is 0.364. The van der Waals surface area contributed by atoms with Gasteiger partial charge < -0.3 is 10.0 Å². The molecule has 2 nitrogen and oxygen atoms in total. The smallest absolute Gasteiger partial charge is 0.0431 e. The van der Waals surface area contributed by atoms with Crippen LogP contribution < -0.4 is 0 Å². The van der Waals surface area contributed by atoms with E-state index in [0.717, 1.165) is 12.3 Å². The zero-order chi connectivity index (χ0) is 8.10. The van der Waals surface area contributed by atoms with E-state index in [1.54, 1.807) is 0 Å². The maximum absolute atomic E-state index is 8.58. The Bertz CT molecular complexity index is 106. The molecular weight excluding hydrogens is 138 g/mol. The highest BCUT2D eigenvalue weighted by Crippen LogP contribution is 2.19. The first-order chi connectivity index (χ1) is 5.33. The lowest BCUT2D eigenvalue weighted by molar-refractivity contribution is 0.277. The molecule has 0 saturated carbocycles. The van der Waals surface area contributed by atoms with Crippen LogP contribution in [0.3, 0.4) is 0 Å². The highest BCUT2D eigenvalue weighted by molar-refractivity contribution is 4.72. The molecule has 1 aliphatic rings. The van der Waals surface area contributed by atoms with E-state index < -0.39 is 0 Å². The minimum atomic E-state index is 0.364. The first kappa shape index (κ1) is 9.01. The molecule has 1 N–H and O–H groups in total. The van der Waals surface area contributed by atoms with Crippen molar-refractivity contribution in [3.8, 4) is 0 Å². The van der Waals surface area contributed by atoms with E-state index >= 15 is 0 Å². The molecule has 1 aliphatic heterocycles. The quantitative estimate of drug-likeness (QED) is 0.618. The first-order valence-electron chi connectivity index (χ1n) is 4.62. The number of likely N-dealkylation sites (tertiary alicyclic amines) is 1. The zero-order valence-corrected chi connectivity index (χ0v) is 7.42. The Balaban J connectivity index is 1.99. The number of nitrogens with zero attached hydrogens (tertiary/aromatic N) is 1. The molecule has 0 aromatic carbocycles. The van der Waals surface area contributed by atoms with Crippen LogP contribution in [0.4, 0.5) is 0 Å². The van der Waals surface area contributed by atoms with Crippen molar-refractivity contribution < 1.29 is 5.11 Å². The second kappa shape index (κ2) is 4.73. The van der Waals surface area contributed by atoms with E-state index in [1.165, 1.54) is 32.4 Å². The lowest BCUT2D eigenvalue weighted by Crippen LogP contribution is -2.13. The lowest BCUT2D eigenvalue weighted by atomic mass is 10.0. The van der Waals surface area contributed by atoms with E-state index in [1.807, 2.05) is 0 Å². The Kier molecular flexibility index (Phi) is 3.87. The van der Waals surface area contributed by atoms with Gasteiger partial charge in [-0.05, 0) is 38.8 Å². The van der Waals surface area contributed by atoms with E-state index in [2.05, 4.69) is 11.9 Å². The van der Waals surface area contributed by atoms with E-state index in [-0.39, 0.29) is 0 Å². The summed E-state index contributed by atoms with van der Waals surface area (Å²) in [4.78, 5) is 2.39. The lowest BCUT2D eigenvalue weighted by Gasteiger charge is -2.08. The zero-order valence-electron chi connectivity index (χ0n) is 7.42. The van der Waals surface area contributed by atoms with Crippen molar-refractivity contribution in [2.24, 2.45) is 5.92 Å². The van der Waals surface area contributed by atoms with Gasteiger partial charge in [0, 0.05) is 13.2 Å². The van der Waals surface area contributed by atoms with Crippen LogP contribution in [0.1, 0.15) is 25.7 Å². The standard InChI is InChI=1S/C9H19NO/c1-10-6-5-9(8-10)4-2-3-7-11/h9,11H,2-8H2,1H3. The van der Waals surface area contributed by atoms with Crippen molar-refractivity contribution in [2.75, 3.05) is 26.7 Å². The molecule has 2 heteroatoms. The van der Waals surface area contributed by atoms with Crippen molar-refractivity contribution in [3.63, 3.8) is 0 Å². The average Bonchev–Trinajstić information content (AvgIpc) is 2.37. The number of aliphatic hydroxyl groups excluding tert-OH is 1. The van der Waals surface area contributed by atoms with Gasteiger partial charge in [-0.15, -0.1) is 0 Å². The highest BCUT2D eigenvalue weighted by Gasteiger charge is 2.18. The van der Waals surface area contributed by atoms with Crippen LogP contribution in [0.25, 0.3) is 0 Å². The minimum Gasteiger partial charge on any atom is -0.396 e. The Morgan fingerprint density at radius 3 is 2.82 bits per heavy atom. The van der Waals surface area contributed by atoms with Gasteiger partial charge in [-0.2, -0.15) is 0 Å². The first-order valence-corrected chi connectivity index (χ1v) is 4.62. The van der Waals surface area contributed by atoms with Crippen LogP contribution in [0.5, 0.6) is 0 Å². The third-order valence-electron chi connectivity index (χ3n) is 2.51. The number of unbranched alkanes of at least 4 members (excludes halogenated alkanes) is 1. The summed E-state index contributed by atoms with van der Waals surface area (Å²) in [6, 6.07) is 0. The van der Waals surface area contributed by atoms with Gasteiger partial charge in [0.1, 0.15) is 0 Å². The summed E-state index contributed by atoms with van der Waals surface area (Å²) in [7, 11) is 2.19. The molecule has 11 heavy (non-hydrogen) atoms. The third-order valence-corrected chi connectivity index (χ3v) is 2.51. The molecule has 1 rings (SSSR count). The molecule has 0 aliphatic carbocycles. The van der Waals surface area contributed by atoms with Crippen molar-refractivity contribution in [1.29, 1.82) is 0 Å². The fraction of sp³-hybridized carbons (Fsp3) is 1.00. The molecule has 1 unspecified atom stereocenters. The molecule has 0 aromatic rings. The van der Waals surface area contributed by atoms with Crippen LogP contribution in [0.15, 0.2) is 0 Å². The maximum atomic E-state index is 8.58. The molecular formula is C9H19NO. The van der Waals surface area contributed by atoms with Crippen LogP contribution in [0, 0.1) is 5.92 Å². The van der Waals surface area contributed by atoms with Crippen LogP contribution >= 0.6 is 0 Å². The number of hydrogen-bond acceptors (Lipinski definition) is 2. The predicted octanol–water partition coefficient (Wildman–Crippen LogP) is 1.10. The second-order valence-electron chi connectivity index (χ2n) is 3.64. The molecule has 1 atom stereocenters. The van der Waals surface area contributed by atoms with Gasteiger partial charge in [0.25, 0.3) is 0 Å². The molecule has 1 fully saturated rings. The summed E-state index contributed by atoms with van der Waals surface area (Å²) < 4.78 is 0. The van der Waals surface area contributed by atoms with Gasteiger partial charge in [-0.3, -0.25) is 0 Å². The van der Waals surface area contributed by atoms with Gasteiger partial charge in [0.2, 0.25) is 0 Å². The molecule has 0 spiro atoms. The summed E-state index contributed by atoms with van der Waals surface area (Å²) in [5.41, 5.74) is 0. The summed E-state index contributed by atoms with van der Waals surface area (Å²) in [6.45, 7) is 2.90. The number of hydrogen-bond donors (Lipinski definition) is 1. The molecule has 1 saturated heterocycles. The number of aliphatic hydroxyl groups is 1. The van der Waals surface area contributed by atoms with Crippen LogP contribution in [-0.2, 0) is 0 Å². The summed E-state index contributed by atoms with van der Waals surface area (Å²) in [5, 5.41) is 8.58. The van der Waals surface area contributed by atoms with Gasteiger partial charge in [-0.25, -0.2) is 0 Å². The summed E-state index contributed by atoms with van der Waals surface area (Å²) >= 11 is 0. The van der Waals surface area contributed by atoms with Gasteiger partial charge in [-0.1, -0.05) is 6.42 Å². The fourth-order valence-corrected chi connectivity index (χ4v) is 1.81. The number of rotatable bonds is 4. The van der Waals surface area contributed by atoms with Gasteiger partial charge in [0.05, 0.1) is 0 Å². The molecule has 0 aromatic heterocycles. The Labute approximate surface area is 69.2 Å². The fourth-order valence-electron chi connectivity index (χ4n) is 1.81. The average molecular weight is 157 g/mol. The van der Waals surface area contributed by atoms with E-state index in [0.29, 0.717) is 6.61 Å². The van der Waals surface area contributed by atoms with Gasteiger partial charge in [0.15, 0.2) is 0 Å². The normalized spacial score (nSPS) is 26.2. The van der Waals surface area contributed by atoms with Crippen molar-refractivity contribution in [1.82, 2.24) is 4.90 Å². The molecule has 0 bridgehead atoms. The van der Waals surface area contributed by atoms with Crippen LogP contribution in [-0.4, -0.2) is 36.8 Å². The molecule has 66 valence electrons. The summed E-state index contributed by atoms with van der Waals surface area (Å²) in [6.07, 6.45) is 4.86. The van der Waals surface area contributed by atoms with Crippen molar-refractivity contribution >= 4 is 0 Å². The van der Waals surface area contributed by atoms with Crippen molar-refractivity contribution in [2.45, 2.75) is 25.7 Å². The highest BCUT2D eigenvalue weighted by atomic mass is 16.2. The predicted molar refractivity (Wildman–Crippen MR) is 46.5 cm³/mol. The Hall–Kier alpha value is -0.0800. The monoisotopic (exact) mass is 157 g/mol. The largest absolute Gasteiger partial charge is 0.396 e. The SMILES string of the molecule is CN1CCC(CCCCO)C1. The van der Waals surface area contributed by atoms with Crippen LogP contribution in [0.2, 0.25) is 0 Å². The van der Waals surface area contributed by atoms with Gasteiger partial charge >= 0.3 is 0 Å². The summed E-state index contributed by atoms with van der Waals surface area (Å²) in [5.74, 6) is 0.909. The Morgan fingerprint density at radius 1 is 1.45 bits per heavy atom. The molecule has 0 amide bonds. The maximum Gasteiger partial charge on any atom is 0.0431 e. The second-order valence-corrected chi connectivity index (χ2v) is 3.64. The Morgan fingerprint density at radius 2 is 2.27 bits per heavy atom.